The van der Waals surface area contributed by atoms with Gasteiger partial charge in [0, 0.05) is 19.3 Å². The molecule has 6 heteroatoms. The number of hydrogen-bond acceptors (Lipinski definition) is 5. The van der Waals surface area contributed by atoms with Crippen molar-refractivity contribution < 1.29 is 14.1 Å². The number of aromatic nitrogens is 2. The number of nitrogens with zero attached hydrogens (tertiary/aromatic N) is 2. The van der Waals surface area contributed by atoms with E-state index in [4.69, 9.17) is 9.26 Å². The van der Waals surface area contributed by atoms with Crippen LogP contribution in [0.1, 0.15) is 32.9 Å². The Morgan fingerprint density at radius 3 is 2.83 bits per heavy atom. The number of hydrogen-bond donors (Lipinski definition) is 1. The standard InChI is InChI=1S/C18H19N3O3/c1-11-7-15(16-12(2)21-24-18(16)20-11)17(22)19-9-13-5-4-6-14(8-13)10-23-3/h4-8H,9-10H2,1-3H3,(H,19,22). The number of aryl methyl sites for hydroxylation is 2. The summed E-state index contributed by atoms with van der Waals surface area (Å²) in [6.07, 6.45) is 0. The third-order valence-corrected chi connectivity index (χ3v) is 3.75. The van der Waals surface area contributed by atoms with Crippen LogP contribution in [0.4, 0.5) is 0 Å². The molecule has 0 aliphatic carbocycles. The second kappa shape index (κ2) is 6.80. The minimum atomic E-state index is -0.172. The molecular weight excluding hydrogens is 306 g/mol. The molecule has 2 aromatic heterocycles. The van der Waals surface area contributed by atoms with Crippen molar-refractivity contribution in [1.29, 1.82) is 0 Å². The molecule has 24 heavy (non-hydrogen) atoms. The lowest BCUT2D eigenvalue weighted by molar-refractivity contribution is 0.0952. The molecule has 0 aliphatic rings. The van der Waals surface area contributed by atoms with Crippen molar-refractivity contribution in [2.45, 2.75) is 27.0 Å². The lowest BCUT2D eigenvalue weighted by atomic mass is 10.1. The molecule has 2 heterocycles. The molecule has 1 N–H and O–H groups in total. The fraction of sp³-hybridized carbons (Fsp3) is 0.278. The summed E-state index contributed by atoms with van der Waals surface area (Å²) in [6, 6.07) is 9.68. The Bertz CT molecular complexity index is 886. The maximum atomic E-state index is 12.6. The highest BCUT2D eigenvalue weighted by atomic mass is 16.5. The molecule has 0 aliphatic heterocycles. The van der Waals surface area contributed by atoms with Crippen molar-refractivity contribution in [1.82, 2.24) is 15.5 Å². The van der Waals surface area contributed by atoms with Gasteiger partial charge in [-0.1, -0.05) is 29.4 Å². The minimum Gasteiger partial charge on any atom is -0.380 e. The van der Waals surface area contributed by atoms with E-state index in [0.29, 0.717) is 41.2 Å². The Labute approximate surface area is 139 Å². The highest BCUT2D eigenvalue weighted by molar-refractivity contribution is 6.05. The van der Waals surface area contributed by atoms with Crippen LogP contribution in [-0.2, 0) is 17.9 Å². The van der Waals surface area contributed by atoms with Crippen LogP contribution < -0.4 is 5.32 Å². The molecule has 0 saturated heterocycles. The van der Waals surface area contributed by atoms with Gasteiger partial charge in [-0.15, -0.1) is 0 Å². The Morgan fingerprint density at radius 1 is 1.25 bits per heavy atom. The largest absolute Gasteiger partial charge is 0.380 e. The van der Waals surface area contributed by atoms with E-state index in [9.17, 15) is 4.79 Å². The van der Waals surface area contributed by atoms with Gasteiger partial charge in [0.2, 0.25) is 0 Å². The van der Waals surface area contributed by atoms with E-state index in [1.807, 2.05) is 31.2 Å². The molecule has 0 atom stereocenters. The monoisotopic (exact) mass is 325 g/mol. The maximum Gasteiger partial charge on any atom is 0.258 e. The summed E-state index contributed by atoms with van der Waals surface area (Å²) in [5.41, 5.74) is 4.38. The van der Waals surface area contributed by atoms with Crippen molar-refractivity contribution in [3.63, 3.8) is 0 Å². The van der Waals surface area contributed by atoms with Crippen LogP contribution in [0.5, 0.6) is 0 Å². The number of pyridine rings is 1. The number of nitrogens with one attached hydrogen (secondary N) is 1. The molecule has 6 nitrogen and oxygen atoms in total. The summed E-state index contributed by atoms with van der Waals surface area (Å²) in [6.45, 7) is 4.60. The number of methoxy groups -OCH3 is 1. The zero-order chi connectivity index (χ0) is 17.1. The third-order valence-electron chi connectivity index (χ3n) is 3.75. The zero-order valence-corrected chi connectivity index (χ0v) is 13.9. The number of rotatable bonds is 5. The molecule has 0 fully saturated rings. The van der Waals surface area contributed by atoms with Gasteiger partial charge in [-0.3, -0.25) is 4.79 Å². The molecule has 3 aromatic rings. The van der Waals surface area contributed by atoms with Gasteiger partial charge >= 0.3 is 0 Å². The Hall–Kier alpha value is -2.73. The quantitative estimate of drug-likeness (QED) is 0.780. The van der Waals surface area contributed by atoms with Crippen LogP contribution >= 0.6 is 0 Å². The first-order valence-electron chi connectivity index (χ1n) is 7.67. The van der Waals surface area contributed by atoms with Crippen LogP contribution in [-0.4, -0.2) is 23.2 Å². The Balaban J connectivity index is 1.81. The predicted molar refractivity (Wildman–Crippen MR) is 89.6 cm³/mol. The second-order valence-electron chi connectivity index (χ2n) is 5.69. The molecule has 1 amide bonds. The molecule has 0 unspecified atom stereocenters. The Kier molecular flexibility index (Phi) is 4.57. The normalized spacial score (nSPS) is 11.0. The van der Waals surface area contributed by atoms with Crippen LogP contribution in [0, 0.1) is 13.8 Å². The average molecular weight is 325 g/mol. The first kappa shape index (κ1) is 16.1. The predicted octanol–water partition coefficient (Wildman–Crippen LogP) is 2.92. The third kappa shape index (κ3) is 3.28. The fourth-order valence-electron chi connectivity index (χ4n) is 2.67. The lowest BCUT2D eigenvalue weighted by Gasteiger charge is -2.08. The smallest absolute Gasteiger partial charge is 0.258 e. The molecular formula is C18H19N3O3. The van der Waals surface area contributed by atoms with Gasteiger partial charge in [0.25, 0.3) is 11.6 Å². The molecule has 124 valence electrons. The molecule has 3 rings (SSSR count). The van der Waals surface area contributed by atoms with E-state index in [-0.39, 0.29) is 5.91 Å². The molecule has 0 saturated carbocycles. The highest BCUT2D eigenvalue weighted by Gasteiger charge is 2.17. The van der Waals surface area contributed by atoms with Gasteiger partial charge in [-0.25, -0.2) is 4.98 Å². The van der Waals surface area contributed by atoms with Crippen LogP contribution in [0.15, 0.2) is 34.9 Å². The van der Waals surface area contributed by atoms with Gasteiger partial charge in [-0.2, -0.15) is 0 Å². The summed E-state index contributed by atoms with van der Waals surface area (Å²) in [4.78, 5) is 16.9. The van der Waals surface area contributed by atoms with Gasteiger partial charge in [-0.05, 0) is 31.0 Å². The van der Waals surface area contributed by atoms with E-state index < -0.39 is 0 Å². The number of carbonyl (C=O) groups is 1. The number of ether oxygens (including phenoxy) is 1. The fourth-order valence-corrected chi connectivity index (χ4v) is 2.67. The summed E-state index contributed by atoms with van der Waals surface area (Å²) in [5.74, 6) is -0.172. The first-order valence-corrected chi connectivity index (χ1v) is 7.67. The van der Waals surface area contributed by atoms with Crippen molar-refractivity contribution in [2.75, 3.05) is 7.11 Å². The SMILES string of the molecule is COCc1cccc(CNC(=O)c2cc(C)nc3onc(C)c23)c1. The van der Waals surface area contributed by atoms with E-state index >= 15 is 0 Å². The number of benzene rings is 1. The van der Waals surface area contributed by atoms with E-state index in [1.165, 1.54) is 0 Å². The van der Waals surface area contributed by atoms with Gasteiger partial charge in [0.1, 0.15) is 0 Å². The first-order chi connectivity index (χ1) is 11.6. The van der Waals surface area contributed by atoms with Crippen LogP contribution in [0.25, 0.3) is 11.1 Å². The molecule has 0 spiro atoms. The van der Waals surface area contributed by atoms with E-state index in [0.717, 1.165) is 11.1 Å². The van der Waals surface area contributed by atoms with E-state index in [1.54, 1.807) is 20.1 Å². The minimum absolute atomic E-state index is 0.172. The summed E-state index contributed by atoms with van der Waals surface area (Å²) in [7, 11) is 1.66. The molecule has 0 radical (unpaired) electrons. The second-order valence-corrected chi connectivity index (χ2v) is 5.69. The Morgan fingerprint density at radius 2 is 2.04 bits per heavy atom. The van der Waals surface area contributed by atoms with Gasteiger partial charge in [0.15, 0.2) is 0 Å². The maximum absolute atomic E-state index is 12.6. The highest BCUT2D eigenvalue weighted by Crippen LogP contribution is 2.21. The van der Waals surface area contributed by atoms with Crippen molar-refractivity contribution in [3.8, 4) is 0 Å². The lowest BCUT2D eigenvalue weighted by Crippen LogP contribution is -2.23. The number of amides is 1. The zero-order valence-electron chi connectivity index (χ0n) is 13.9. The molecule has 1 aromatic carbocycles. The van der Waals surface area contributed by atoms with Crippen molar-refractivity contribution in [3.05, 3.63) is 58.4 Å². The van der Waals surface area contributed by atoms with Gasteiger partial charge < -0.3 is 14.6 Å². The van der Waals surface area contributed by atoms with Crippen LogP contribution in [0.3, 0.4) is 0 Å². The summed E-state index contributed by atoms with van der Waals surface area (Å²) < 4.78 is 10.3. The number of fused-ring (bicyclic) bond motifs is 1. The van der Waals surface area contributed by atoms with Gasteiger partial charge in [0.05, 0.1) is 23.3 Å². The summed E-state index contributed by atoms with van der Waals surface area (Å²) >= 11 is 0. The van der Waals surface area contributed by atoms with Crippen molar-refractivity contribution >= 4 is 17.0 Å². The average Bonchev–Trinajstić information content (AvgIpc) is 2.93. The number of carbonyl (C=O) groups excluding carboxylic acids is 1. The summed E-state index contributed by atoms with van der Waals surface area (Å²) in [5, 5.41) is 7.50. The van der Waals surface area contributed by atoms with Crippen molar-refractivity contribution in [2.24, 2.45) is 0 Å². The molecule has 0 bridgehead atoms. The van der Waals surface area contributed by atoms with Crippen LogP contribution in [0.2, 0.25) is 0 Å². The van der Waals surface area contributed by atoms with E-state index in [2.05, 4.69) is 15.5 Å². The topological polar surface area (TPSA) is 77.2 Å².